The van der Waals surface area contributed by atoms with E-state index in [1.807, 2.05) is 35.4 Å². The molecule has 2 fully saturated rings. The topological polar surface area (TPSA) is 82.6 Å². The summed E-state index contributed by atoms with van der Waals surface area (Å²) in [6.07, 6.45) is 8.93. The second-order valence-electron chi connectivity index (χ2n) is 8.31. The monoisotopic (exact) mass is 419 g/mol. The van der Waals surface area contributed by atoms with Crippen LogP contribution in [-0.2, 0) is 15.9 Å². The molecule has 1 aliphatic carbocycles. The van der Waals surface area contributed by atoms with Gasteiger partial charge in [0.15, 0.2) is 11.3 Å². The fourth-order valence-electron chi connectivity index (χ4n) is 4.33. The van der Waals surface area contributed by atoms with Crippen LogP contribution in [0.5, 0.6) is 0 Å². The Morgan fingerprint density at radius 3 is 2.84 bits per heavy atom. The molecule has 1 saturated heterocycles. The molecule has 0 N–H and O–H groups in total. The van der Waals surface area contributed by atoms with Crippen molar-refractivity contribution < 1.29 is 9.47 Å². The molecule has 0 amide bonds. The lowest BCUT2D eigenvalue weighted by molar-refractivity contribution is 0.0423. The van der Waals surface area contributed by atoms with Gasteiger partial charge < -0.3 is 14.4 Å². The fraction of sp³-hybridized carbons (Fsp3) is 0.455. The van der Waals surface area contributed by atoms with Gasteiger partial charge in [0, 0.05) is 37.7 Å². The Hall–Kier alpha value is -3.04. The number of hydrogen-bond acceptors (Lipinski definition) is 7. The Balaban J connectivity index is 1.30. The zero-order valence-corrected chi connectivity index (χ0v) is 17.6. The fourth-order valence-corrected chi connectivity index (χ4v) is 4.33. The van der Waals surface area contributed by atoms with Crippen LogP contribution in [0.4, 0.5) is 5.95 Å². The van der Waals surface area contributed by atoms with Gasteiger partial charge in [0.1, 0.15) is 0 Å². The first-order valence-electron chi connectivity index (χ1n) is 10.9. The van der Waals surface area contributed by atoms with Gasteiger partial charge in [0.25, 0.3) is 0 Å². The van der Waals surface area contributed by atoms with Crippen LogP contribution in [0.2, 0.25) is 0 Å². The number of aromatic nitrogens is 6. The van der Waals surface area contributed by atoms with Crippen molar-refractivity contribution >= 4 is 22.6 Å². The van der Waals surface area contributed by atoms with E-state index in [4.69, 9.17) is 14.5 Å². The molecule has 0 aromatic carbocycles. The molecule has 9 nitrogen and oxygen atoms in total. The Morgan fingerprint density at radius 2 is 2.03 bits per heavy atom. The van der Waals surface area contributed by atoms with Gasteiger partial charge in [0.05, 0.1) is 36.9 Å². The van der Waals surface area contributed by atoms with Gasteiger partial charge in [-0.2, -0.15) is 10.1 Å². The van der Waals surface area contributed by atoms with Crippen LogP contribution >= 0.6 is 0 Å². The van der Waals surface area contributed by atoms with Gasteiger partial charge in [-0.15, -0.1) is 5.10 Å². The first-order valence-corrected chi connectivity index (χ1v) is 10.9. The van der Waals surface area contributed by atoms with E-state index < -0.39 is 0 Å². The third kappa shape index (κ3) is 3.43. The highest BCUT2D eigenvalue weighted by Crippen LogP contribution is 2.42. The SMILES string of the molecule is CCOC1(Cc2cnc3c(cnn3-c3ccc4nc(N5CCOCC5)nn4c3)c2)CC1. The highest BCUT2D eigenvalue weighted by atomic mass is 16.5. The van der Waals surface area contributed by atoms with Gasteiger partial charge in [-0.25, -0.2) is 14.2 Å². The van der Waals surface area contributed by atoms with E-state index in [9.17, 15) is 0 Å². The van der Waals surface area contributed by atoms with Crippen LogP contribution < -0.4 is 4.90 Å². The molecule has 5 heterocycles. The molecule has 0 spiro atoms. The summed E-state index contributed by atoms with van der Waals surface area (Å²) < 4.78 is 15.0. The molecular weight excluding hydrogens is 394 g/mol. The summed E-state index contributed by atoms with van der Waals surface area (Å²) >= 11 is 0. The van der Waals surface area contributed by atoms with Gasteiger partial charge in [-0.1, -0.05) is 0 Å². The van der Waals surface area contributed by atoms with Gasteiger partial charge in [-0.3, -0.25) is 0 Å². The third-order valence-electron chi connectivity index (χ3n) is 6.09. The summed E-state index contributed by atoms with van der Waals surface area (Å²) in [5.74, 6) is 0.733. The average Bonchev–Trinajstić information content (AvgIpc) is 3.22. The number of ether oxygens (including phenoxy) is 2. The van der Waals surface area contributed by atoms with Crippen LogP contribution in [0.3, 0.4) is 0 Å². The van der Waals surface area contributed by atoms with Crippen LogP contribution in [-0.4, -0.2) is 67.9 Å². The minimum atomic E-state index is 0.0242. The first kappa shape index (κ1) is 18.7. The van der Waals surface area contributed by atoms with Crippen molar-refractivity contribution in [1.82, 2.24) is 29.4 Å². The number of anilines is 1. The number of fused-ring (bicyclic) bond motifs is 2. The quantitative estimate of drug-likeness (QED) is 0.475. The van der Waals surface area contributed by atoms with Crippen LogP contribution in [0.15, 0.2) is 36.8 Å². The van der Waals surface area contributed by atoms with E-state index in [1.54, 1.807) is 4.52 Å². The maximum absolute atomic E-state index is 5.94. The minimum Gasteiger partial charge on any atom is -0.378 e. The molecule has 1 aliphatic heterocycles. The van der Waals surface area contributed by atoms with Crippen molar-refractivity contribution in [3.8, 4) is 5.69 Å². The molecule has 6 rings (SSSR count). The first-order chi connectivity index (χ1) is 15.2. The summed E-state index contributed by atoms with van der Waals surface area (Å²) in [5, 5.41) is 10.3. The Labute approximate surface area is 179 Å². The second kappa shape index (κ2) is 7.28. The van der Waals surface area contributed by atoms with Gasteiger partial charge in [0.2, 0.25) is 5.95 Å². The lowest BCUT2D eigenvalue weighted by Gasteiger charge is -2.25. The summed E-state index contributed by atoms with van der Waals surface area (Å²) in [6, 6.07) is 6.14. The largest absolute Gasteiger partial charge is 0.378 e. The van der Waals surface area contributed by atoms with E-state index in [-0.39, 0.29) is 5.60 Å². The molecule has 1 saturated carbocycles. The zero-order chi connectivity index (χ0) is 20.8. The summed E-state index contributed by atoms with van der Waals surface area (Å²) in [6.45, 7) is 5.85. The minimum absolute atomic E-state index is 0.0242. The van der Waals surface area contributed by atoms with Crippen molar-refractivity contribution in [2.75, 3.05) is 37.8 Å². The van der Waals surface area contributed by atoms with E-state index in [2.05, 4.69) is 33.1 Å². The standard InChI is InChI=1S/C22H25N7O2/c1-2-31-22(5-6-22)12-16-11-17-14-24-29(20(17)23-13-16)18-3-4-19-25-21(26-28(19)15-18)27-7-9-30-10-8-27/h3-4,11,13-15H,2,5-10,12H2,1H3. The molecule has 9 heteroatoms. The number of morpholine rings is 1. The van der Waals surface area contributed by atoms with E-state index in [1.165, 1.54) is 5.56 Å². The van der Waals surface area contributed by atoms with Crippen LogP contribution in [0.25, 0.3) is 22.4 Å². The van der Waals surface area contributed by atoms with E-state index >= 15 is 0 Å². The third-order valence-corrected chi connectivity index (χ3v) is 6.09. The van der Waals surface area contributed by atoms with Crippen molar-refractivity contribution in [2.24, 2.45) is 0 Å². The molecule has 4 aromatic heterocycles. The lowest BCUT2D eigenvalue weighted by Crippen LogP contribution is -2.36. The van der Waals surface area contributed by atoms with Crippen molar-refractivity contribution in [1.29, 1.82) is 0 Å². The van der Waals surface area contributed by atoms with Crippen LogP contribution in [0.1, 0.15) is 25.3 Å². The molecule has 0 bridgehead atoms. The number of nitrogens with zero attached hydrogens (tertiary/aromatic N) is 7. The molecular formula is C22H25N7O2. The van der Waals surface area contributed by atoms with Crippen molar-refractivity contribution in [3.05, 3.63) is 42.4 Å². The predicted octanol–water partition coefficient (Wildman–Crippen LogP) is 2.41. The molecule has 0 radical (unpaired) electrons. The molecule has 4 aromatic rings. The summed E-state index contributed by atoms with van der Waals surface area (Å²) in [7, 11) is 0. The molecule has 2 aliphatic rings. The Morgan fingerprint density at radius 1 is 1.16 bits per heavy atom. The Kier molecular flexibility index (Phi) is 4.39. The molecule has 0 unspecified atom stereocenters. The van der Waals surface area contributed by atoms with E-state index in [0.29, 0.717) is 13.2 Å². The Bertz CT molecular complexity index is 1240. The zero-order valence-electron chi connectivity index (χ0n) is 17.6. The normalized spacial score (nSPS) is 18.2. The van der Waals surface area contributed by atoms with Crippen molar-refractivity contribution in [3.63, 3.8) is 0 Å². The van der Waals surface area contributed by atoms with Crippen LogP contribution in [0, 0.1) is 0 Å². The summed E-state index contributed by atoms with van der Waals surface area (Å²) in [4.78, 5) is 11.5. The maximum atomic E-state index is 5.94. The molecule has 31 heavy (non-hydrogen) atoms. The average molecular weight is 419 g/mol. The highest BCUT2D eigenvalue weighted by molar-refractivity contribution is 5.76. The second-order valence-corrected chi connectivity index (χ2v) is 8.31. The number of hydrogen-bond donors (Lipinski definition) is 0. The number of pyridine rings is 2. The maximum Gasteiger partial charge on any atom is 0.245 e. The predicted molar refractivity (Wildman–Crippen MR) is 116 cm³/mol. The lowest BCUT2D eigenvalue weighted by atomic mass is 10.1. The van der Waals surface area contributed by atoms with Gasteiger partial charge >= 0.3 is 0 Å². The molecule has 0 atom stereocenters. The molecule has 160 valence electrons. The number of rotatable bonds is 6. The highest BCUT2D eigenvalue weighted by Gasteiger charge is 2.43. The van der Waals surface area contributed by atoms with Crippen molar-refractivity contribution in [2.45, 2.75) is 31.8 Å². The van der Waals surface area contributed by atoms with Gasteiger partial charge in [-0.05, 0) is 43.5 Å². The smallest absolute Gasteiger partial charge is 0.245 e. The summed E-state index contributed by atoms with van der Waals surface area (Å²) in [5.41, 5.74) is 3.76. The van der Waals surface area contributed by atoms with E-state index in [0.717, 1.165) is 67.3 Å².